The Balaban J connectivity index is 1.72. The fraction of sp³-hybridized carbons (Fsp3) is 0.524. The number of benzene rings is 1. The molecule has 1 fully saturated rings. The van der Waals surface area contributed by atoms with Crippen LogP contribution >= 0.6 is 0 Å². The molecule has 1 atom stereocenters. The molecule has 0 aliphatic carbocycles. The minimum absolute atomic E-state index is 0.144. The number of rotatable bonds is 4. The SMILES string of the molecule is Cc1c(C(=O)N2CCCCC2CNC(=O)OC(C)(C)C)nnn1-c1ccc(F)cc1. The van der Waals surface area contributed by atoms with Gasteiger partial charge in [-0.15, -0.1) is 5.10 Å². The van der Waals surface area contributed by atoms with Crippen LogP contribution in [0.1, 0.15) is 56.2 Å². The summed E-state index contributed by atoms with van der Waals surface area (Å²) in [5, 5.41) is 10.9. The summed E-state index contributed by atoms with van der Waals surface area (Å²) >= 11 is 0. The Bertz CT molecular complexity index is 904. The van der Waals surface area contributed by atoms with Crippen molar-refractivity contribution in [2.75, 3.05) is 13.1 Å². The van der Waals surface area contributed by atoms with Gasteiger partial charge < -0.3 is 15.0 Å². The average molecular weight is 417 g/mol. The highest BCUT2D eigenvalue weighted by atomic mass is 19.1. The van der Waals surface area contributed by atoms with Crippen LogP contribution in [0.3, 0.4) is 0 Å². The topological polar surface area (TPSA) is 89.3 Å². The van der Waals surface area contributed by atoms with Crippen molar-refractivity contribution in [2.45, 2.75) is 58.6 Å². The van der Waals surface area contributed by atoms with E-state index >= 15 is 0 Å². The van der Waals surface area contributed by atoms with Gasteiger partial charge in [0.15, 0.2) is 5.69 Å². The molecule has 0 radical (unpaired) electrons. The van der Waals surface area contributed by atoms with Gasteiger partial charge in [-0.3, -0.25) is 4.79 Å². The molecule has 8 nitrogen and oxygen atoms in total. The van der Waals surface area contributed by atoms with E-state index in [9.17, 15) is 14.0 Å². The van der Waals surface area contributed by atoms with Gasteiger partial charge in [0.25, 0.3) is 5.91 Å². The third-order valence-corrected chi connectivity index (χ3v) is 4.94. The second-order valence-electron chi connectivity index (χ2n) is 8.44. The first-order valence-corrected chi connectivity index (χ1v) is 10.1. The predicted molar refractivity (Wildman–Crippen MR) is 109 cm³/mol. The molecule has 9 heteroatoms. The molecule has 1 aliphatic rings. The van der Waals surface area contributed by atoms with Gasteiger partial charge in [0.2, 0.25) is 0 Å². The molecule has 2 heterocycles. The van der Waals surface area contributed by atoms with Crippen molar-refractivity contribution in [1.82, 2.24) is 25.2 Å². The van der Waals surface area contributed by atoms with Crippen LogP contribution in [0, 0.1) is 12.7 Å². The molecular weight excluding hydrogens is 389 g/mol. The lowest BCUT2D eigenvalue weighted by molar-refractivity contribution is 0.0460. The van der Waals surface area contributed by atoms with Gasteiger partial charge in [-0.25, -0.2) is 13.9 Å². The van der Waals surface area contributed by atoms with E-state index in [1.165, 1.54) is 16.8 Å². The third kappa shape index (κ3) is 5.14. The Hall–Kier alpha value is -2.97. The number of carbonyl (C=O) groups is 2. The molecule has 2 amide bonds. The maximum absolute atomic E-state index is 13.2. The fourth-order valence-electron chi connectivity index (χ4n) is 3.49. The molecule has 1 aliphatic heterocycles. The molecule has 1 aromatic heterocycles. The summed E-state index contributed by atoms with van der Waals surface area (Å²) in [5.74, 6) is -0.571. The number of nitrogens with one attached hydrogen (secondary N) is 1. The highest BCUT2D eigenvalue weighted by molar-refractivity contribution is 5.93. The van der Waals surface area contributed by atoms with Crippen LogP contribution in [0.25, 0.3) is 5.69 Å². The lowest BCUT2D eigenvalue weighted by atomic mass is 10.0. The predicted octanol–water partition coefficient (Wildman–Crippen LogP) is 3.23. The molecule has 0 bridgehead atoms. The molecule has 1 aromatic carbocycles. The Labute approximate surface area is 175 Å². The minimum Gasteiger partial charge on any atom is -0.444 e. The van der Waals surface area contributed by atoms with Crippen LogP contribution in [-0.4, -0.2) is 56.6 Å². The van der Waals surface area contributed by atoms with Crippen molar-refractivity contribution < 1.29 is 18.7 Å². The summed E-state index contributed by atoms with van der Waals surface area (Å²) in [6.45, 7) is 8.06. The van der Waals surface area contributed by atoms with Crippen LogP contribution in [0.15, 0.2) is 24.3 Å². The van der Waals surface area contributed by atoms with Gasteiger partial charge in [0.1, 0.15) is 11.4 Å². The zero-order valence-electron chi connectivity index (χ0n) is 17.8. The van der Waals surface area contributed by atoms with E-state index in [0.717, 1.165) is 19.3 Å². The third-order valence-electron chi connectivity index (χ3n) is 4.94. The van der Waals surface area contributed by atoms with Crippen LogP contribution < -0.4 is 5.32 Å². The molecule has 162 valence electrons. The van der Waals surface area contributed by atoms with Gasteiger partial charge >= 0.3 is 6.09 Å². The number of hydrogen-bond donors (Lipinski definition) is 1. The van der Waals surface area contributed by atoms with E-state index in [4.69, 9.17) is 4.74 Å². The van der Waals surface area contributed by atoms with Crippen LogP contribution in [0.4, 0.5) is 9.18 Å². The molecule has 2 aromatic rings. The number of piperidine rings is 1. The van der Waals surface area contributed by atoms with Gasteiger partial charge in [0.05, 0.1) is 11.4 Å². The van der Waals surface area contributed by atoms with Gasteiger partial charge in [-0.05, 0) is 71.2 Å². The Morgan fingerprint density at radius 2 is 1.93 bits per heavy atom. The first-order valence-electron chi connectivity index (χ1n) is 10.1. The average Bonchev–Trinajstić information content (AvgIpc) is 3.07. The summed E-state index contributed by atoms with van der Waals surface area (Å²) in [6.07, 6.45) is 2.15. The van der Waals surface area contributed by atoms with E-state index in [1.807, 2.05) is 0 Å². The molecular formula is C21H28FN5O3. The number of ether oxygens (including phenoxy) is 1. The number of hydrogen-bond acceptors (Lipinski definition) is 5. The Kier molecular flexibility index (Phi) is 6.38. The van der Waals surface area contributed by atoms with Crippen molar-refractivity contribution >= 4 is 12.0 Å². The minimum atomic E-state index is -0.581. The summed E-state index contributed by atoms with van der Waals surface area (Å²) in [7, 11) is 0. The monoisotopic (exact) mass is 417 g/mol. The van der Waals surface area contributed by atoms with Crippen LogP contribution in [0.2, 0.25) is 0 Å². The van der Waals surface area contributed by atoms with E-state index in [1.54, 1.807) is 44.7 Å². The van der Waals surface area contributed by atoms with E-state index in [0.29, 0.717) is 24.5 Å². The largest absolute Gasteiger partial charge is 0.444 e. The van der Waals surface area contributed by atoms with E-state index < -0.39 is 11.7 Å². The number of nitrogens with zero attached hydrogens (tertiary/aromatic N) is 4. The molecule has 3 rings (SSSR count). The summed E-state index contributed by atoms with van der Waals surface area (Å²) in [6, 6.07) is 5.69. The van der Waals surface area contributed by atoms with Crippen LogP contribution in [-0.2, 0) is 4.74 Å². The van der Waals surface area contributed by atoms with Gasteiger partial charge in [-0.1, -0.05) is 5.21 Å². The molecule has 0 spiro atoms. The second kappa shape index (κ2) is 8.81. The van der Waals surface area contributed by atoms with Gasteiger partial charge in [-0.2, -0.15) is 0 Å². The zero-order valence-corrected chi connectivity index (χ0v) is 17.8. The first-order chi connectivity index (χ1) is 14.2. The number of carbonyl (C=O) groups excluding carboxylic acids is 2. The number of aromatic nitrogens is 3. The summed E-state index contributed by atoms with van der Waals surface area (Å²) < 4.78 is 20.0. The number of alkyl carbamates (subject to hydrolysis) is 1. The highest BCUT2D eigenvalue weighted by Crippen LogP contribution is 2.21. The standard InChI is InChI=1S/C21H28FN5O3/c1-14-18(24-25-27(14)16-10-8-15(22)9-11-16)19(28)26-12-6-5-7-17(26)13-23-20(29)30-21(2,3)4/h8-11,17H,5-7,12-13H2,1-4H3,(H,23,29). The zero-order chi connectivity index (χ0) is 21.9. The lowest BCUT2D eigenvalue weighted by Gasteiger charge is -2.35. The van der Waals surface area contributed by atoms with E-state index in [2.05, 4.69) is 15.6 Å². The van der Waals surface area contributed by atoms with Crippen molar-refractivity contribution in [3.05, 3.63) is 41.5 Å². The maximum Gasteiger partial charge on any atom is 0.407 e. The summed E-state index contributed by atoms with van der Waals surface area (Å²) in [5.41, 5.74) is 0.879. The van der Waals surface area contributed by atoms with Gasteiger partial charge in [0, 0.05) is 19.1 Å². The lowest BCUT2D eigenvalue weighted by Crippen LogP contribution is -2.50. The Morgan fingerprint density at radius 3 is 2.60 bits per heavy atom. The molecule has 30 heavy (non-hydrogen) atoms. The first kappa shape index (κ1) is 21.7. The fourth-order valence-corrected chi connectivity index (χ4v) is 3.49. The molecule has 1 unspecified atom stereocenters. The number of amides is 2. The summed E-state index contributed by atoms with van der Waals surface area (Å²) in [4.78, 5) is 26.9. The molecule has 0 saturated carbocycles. The molecule has 1 N–H and O–H groups in total. The highest BCUT2D eigenvalue weighted by Gasteiger charge is 2.31. The quantitative estimate of drug-likeness (QED) is 0.825. The van der Waals surface area contributed by atoms with Crippen molar-refractivity contribution in [2.24, 2.45) is 0 Å². The second-order valence-corrected chi connectivity index (χ2v) is 8.44. The van der Waals surface area contributed by atoms with Crippen molar-refractivity contribution in [3.8, 4) is 5.69 Å². The van der Waals surface area contributed by atoms with Crippen molar-refractivity contribution in [3.63, 3.8) is 0 Å². The smallest absolute Gasteiger partial charge is 0.407 e. The van der Waals surface area contributed by atoms with Crippen molar-refractivity contribution in [1.29, 1.82) is 0 Å². The molecule has 1 saturated heterocycles. The Morgan fingerprint density at radius 1 is 1.23 bits per heavy atom. The van der Waals surface area contributed by atoms with E-state index in [-0.39, 0.29) is 23.5 Å². The number of halogens is 1. The number of likely N-dealkylation sites (tertiary alicyclic amines) is 1. The normalized spacial score (nSPS) is 17.0. The van der Waals surface area contributed by atoms with Crippen LogP contribution in [0.5, 0.6) is 0 Å². The maximum atomic E-state index is 13.2.